The van der Waals surface area contributed by atoms with Crippen molar-refractivity contribution in [2.24, 2.45) is 5.41 Å². The number of halogens is 3. The van der Waals surface area contributed by atoms with Gasteiger partial charge in [0.1, 0.15) is 5.75 Å². The molecule has 2 rings (SSSR count). The van der Waals surface area contributed by atoms with Gasteiger partial charge in [-0.2, -0.15) is 0 Å². The lowest BCUT2D eigenvalue weighted by Crippen LogP contribution is -2.25. The van der Waals surface area contributed by atoms with Crippen molar-refractivity contribution < 1.29 is 4.74 Å². The number of benzene rings is 1. The molecule has 1 aliphatic carbocycles. The molecule has 4 heteroatoms. The fourth-order valence-corrected chi connectivity index (χ4v) is 4.35. The first-order valence-electron chi connectivity index (χ1n) is 6.65. The molecule has 0 aromatic heterocycles. The molecule has 0 N–H and O–H groups in total. The first-order chi connectivity index (χ1) is 8.98. The van der Waals surface area contributed by atoms with Gasteiger partial charge in [0.15, 0.2) is 0 Å². The minimum atomic E-state index is -0.0715. The van der Waals surface area contributed by atoms with E-state index in [0.717, 1.165) is 28.6 Å². The Labute approximate surface area is 133 Å². The van der Waals surface area contributed by atoms with Crippen molar-refractivity contribution in [2.75, 3.05) is 7.11 Å². The van der Waals surface area contributed by atoms with Crippen molar-refractivity contribution in [3.8, 4) is 5.75 Å². The molecule has 106 valence electrons. The lowest BCUT2D eigenvalue weighted by atomic mass is 9.71. The van der Waals surface area contributed by atoms with Crippen molar-refractivity contribution in [1.82, 2.24) is 0 Å². The lowest BCUT2D eigenvalue weighted by molar-refractivity contribution is 0.204. The van der Waals surface area contributed by atoms with E-state index in [1.54, 1.807) is 7.11 Å². The first-order valence-corrected chi connectivity index (χ1v) is 8.26. The summed E-state index contributed by atoms with van der Waals surface area (Å²) in [5.41, 5.74) is 1.12. The van der Waals surface area contributed by atoms with Gasteiger partial charge in [-0.05, 0) is 46.3 Å². The summed E-state index contributed by atoms with van der Waals surface area (Å²) < 4.78 is 6.36. The van der Waals surface area contributed by atoms with E-state index in [0.29, 0.717) is 5.02 Å². The lowest BCUT2D eigenvalue weighted by Gasteiger charge is -2.38. The van der Waals surface area contributed by atoms with Gasteiger partial charge in [-0.3, -0.25) is 0 Å². The van der Waals surface area contributed by atoms with E-state index >= 15 is 0 Å². The second kappa shape index (κ2) is 6.24. The van der Waals surface area contributed by atoms with Gasteiger partial charge in [0, 0.05) is 10.6 Å². The van der Waals surface area contributed by atoms with E-state index in [2.05, 4.69) is 22.9 Å². The molecule has 0 spiro atoms. The average molecular weight is 366 g/mol. The summed E-state index contributed by atoms with van der Waals surface area (Å²) in [6.07, 6.45) is 6.14. The minimum Gasteiger partial charge on any atom is -0.495 e. The summed E-state index contributed by atoms with van der Waals surface area (Å²) >= 11 is 16.5. The zero-order valence-corrected chi connectivity index (χ0v) is 14.4. The van der Waals surface area contributed by atoms with Crippen molar-refractivity contribution >= 4 is 39.1 Å². The van der Waals surface area contributed by atoms with Crippen molar-refractivity contribution in [1.29, 1.82) is 0 Å². The molecule has 0 aliphatic heterocycles. The molecule has 1 atom stereocenters. The maximum absolute atomic E-state index is 6.79. The monoisotopic (exact) mass is 364 g/mol. The van der Waals surface area contributed by atoms with Gasteiger partial charge < -0.3 is 4.74 Å². The molecule has 0 amide bonds. The van der Waals surface area contributed by atoms with Crippen LogP contribution in [0.1, 0.15) is 50.0 Å². The number of hydrogen-bond donors (Lipinski definition) is 0. The van der Waals surface area contributed by atoms with E-state index < -0.39 is 0 Å². The molecule has 0 heterocycles. The molecule has 19 heavy (non-hydrogen) atoms. The number of hydrogen-bond acceptors (Lipinski definition) is 1. The SMILES string of the molecule is COc1c(Br)cc(Cl)cc1C(Cl)C1(C)CCCCC1. The van der Waals surface area contributed by atoms with Crippen molar-refractivity contribution in [3.05, 3.63) is 27.2 Å². The van der Waals surface area contributed by atoms with Crippen LogP contribution in [0.2, 0.25) is 5.02 Å². The third-order valence-corrected chi connectivity index (χ3v) is 5.69. The number of methoxy groups -OCH3 is 1. The van der Waals surface area contributed by atoms with Gasteiger partial charge in [0.05, 0.1) is 17.0 Å². The molecule has 1 aromatic rings. The highest BCUT2D eigenvalue weighted by atomic mass is 79.9. The van der Waals surface area contributed by atoms with Crippen LogP contribution in [0.5, 0.6) is 5.75 Å². The van der Waals surface area contributed by atoms with Gasteiger partial charge in [0.2, 0.25) is 0 Å². The summed E-state index contributed by atoms with van der Waals surface area (Å²) in [6.45, 7) is 2.28. The molecule has 1 aromatic carbocycles. The highest BCUT2D eigenvalue weighted by Crippen LogP contribution is 2.52. The second-order valence-electron chi connectivity index (χ2n) is 5.59. The van der Waals surface area contributed by atoms with Gasteiger partial charge in [-0.1, -0.05) is 37.8 Å². The first kappa shape index (κ1) is 15.5. The predicted molar refractivity (Wildman–Crippen MR) is 85.5 cm³/mol. The predicted octanol–water partition coefficient (Wildman–Crippen LogP) is 6.36. The fraction of sp³-hybridized carbons (Fsp3) is 0.600. The third-order valence-electron chi connectivity index (χ3n) is 4.12. The third kappa shape index (κ3) is 3.22. The number of alkyl halides is 1. The summed E-state index contributed by atoms with van der Waals surface area (Å²) in [4.78, 5) is 0. The van der Waals surface area contributed by atoms with Crippen LogP contribution in [0.25, 0.3) is 0 Å². The van der Waals surface area contributed by atoms with Crippen LogP contribution >= 0.6 is 39.1 Å². The van der Waals surface area contributed by atoms with Crippen LogP contribution in [0, 0.1) is 5.41 Å². The standard InChI is InChI=1S/C15H19BrCl2O/c1-15(6-4-3-5-7-15)14(18)11-8-10(17)9-12(16)13(11)19-2/h8-9,14H,3-7H2,1-2H3. The Kier molecular flexibility index (Phi) is 5.08. The zero-order valence-electron chi connectivity index (χ0n) is 11.3. The summed E-state index contributed by atoms with van der Waals surface area (Å²) in [7, 11) is 1.67. The molecule has 0 bridgehead atoms. The van der Waals surface area contributed by atoms with Crippen LogP contribution in [0.3, 0.4) is 0 Å². The molecule has 1 saturated carbocycles. The normalized spacial score (nSPS) is 20.1. The quantitative estimate of drug-likeness (QED) is 0.566. The van der Waals surface area contributed by atoms with Crippen LogP contribution in [0.15, 0.2) is 16.6 Å². The average Bonchev–Trinajstić information content (AvgIpc) is 2.38. The Hall–Kier alpha value is 0.0800. The molecule has 1 nitrogen and oxygen atoms in total. The van der Waals surface area contributed by atoms with Crippen LogP contribution in [-0.4, -0.2) is 7.11 Å². The number of ether oxygens (including phenoxy) is 1. The molecule has 1 aliphatic rings. The van der Waals surface area contributed by atoms with Gasteiger partial charge in [-0.25, -0.2) is 0 Å². The van der Waals surface area contributed by atoms with Crippen molar-refractivity contribution in [2.45, 2.75) is 44.4 Å². The summed E-state index contributed by atoms with van der Waals surface area (Å²) in [5, 5.41) is 0.616. The van der Waals surface area contributed by atoms with Gasteiger partial charge >= 0.3 is 0 Å². The number of rotatable bonds is 3. The van der Waals surface area contributed by atoms with Gasteiger partial charge in [-0.15, -0.1) is 11.6 Å². The molecular weight excluding hydrogens is 347 g/mol. The Morgan fingerprint density at radius 1 is 1.26 bits per heavy atom. The van der Waals surface area contributed by atoms with E-state index in [-0.39, 0.29) is 10.8 Å². The second-order valence-corrected chi connectivity index (χ2v) is 7.31. The molecular formula is C15H19BrCl2O. The molecule has 0 saturated heterocycles. The minimum absolute atomic E-state index is 0.0715. The van der Waals surface area contributed by atoms with Crippen LogP contribution < -0.4 is 4.74 Å². The molecule has 1 fully saturated rings. The largest absolute Gasteiger partial charge is 0.495 e. The molecule has 1 unspecified atom stereocenters. The highest BCUT2D eigenvalue weighted by molar-refractivity contribution is 9.10. The Morgan fingerprint density at radius 3 is 2.47 bits per heavy atom. The van der Waals surface area contributed by atoms with E-state index in [9.17, 15) is 0 Å². The van der Waals surface area contributed by atoms with E-state index in [1.807, 2.05) is 12.1 Å². The van der Waals surface area contributed by atoms with E-state index in [4.69, 9.17) is 27.9 Å². The smallest absolute Gasteiger partial charge is 0.137 e. The Morgan fingerprint density at radius 2 is 1.89 bits per heavy atom. The summed E-state index contributed by atoms with van der Waals surface area (Å²) in [6, 6.07) is 3.78. The Balaban J connectivity index is 2.39. The van der Waals surface area contributed by atoms with Gasteiger partial charge in [0.25, 0.3) is 0 Å². The van der Waals surface area contributed by atoms with Crippen molar-refractivity contribution in [3.63, 3.8) is 0 Å². The van der Waals surface area contributed by atoms with Crippen LogP contribution in [0.4, 0.5) is 0 Å². The maximum Gasteiger partial charge on any atom is 0.137 e. The van der Waals surface area contributed by atoms with E-state index in [1.165, 1.54) is 19.3 Å². The highest BCUT2D eigenvalue weighted by Gasteiger charge is 2.37. The topological polar surface area (TPSA) is 9.23 Å². The maximum atomic E-state index is 6.79. The van der Waals surface area contributed by atoms with Crippen LogP contribution in [-0.2, 0) is 0 Å². The summed E-state index contributed by atoms with van der Waals surface area (Å²) in [5.74, 6) is 0.802. The fourth-order valence-electron chi connectivity index (χ4n) is 2.97. The Bertz CT molecular complexity index is 456. The zero-order chi connectivity index (χ0) is 14.0. The molecule has 0 radical (unpaired) electrons.